The van der Waals surface area contributed by atoms with Gasteiger partial charge in [-0.2, -0.15) is 0 Å². The normalized spacial score (nSPS) is 7.46. The van der Waals surface area contributed by atoms with E-state index in [0.29, 0.717) is 5.56 Å². The fourth-order valence-electron chi connectivity index (χ4n) is 0.673. The molecule has 0 unspecified atom stereocenters. The summed E-state index contributed by atoms with van der Waals surface area (Å²) in [6, 6.07) is 8.80. The van der Waals surface area contributed by atoms with E-state index in [9.17, 15) is 4.79 Å². The second-order valence-corrected chi connectivity index (χ2v) is 1.95. The summed E-state index contributed by atoms with van der Waals surface area (Å²) in [7, 11) is 0. The summed E-state index contributed by atoms with van der Waals surface area (Å²) in [5, 5.41) is 0. The van der Waals surface area contributed by atoms with Gasteiger partial charge in [0.05, 0.1) is 0 Å². The van der Waals surface area contributed by atoms with Gasteiger partial charge in [0.2, 0.25) is 4.91 Å². The molecule has 0 aliphatic rings. The Labute approximate surface area is 74.7 Å². The number of carbonyl (C=O) groups excluding carboxylic acids is 1. The summed E-state index contributed by atoms with van der Waals surface area (Å²) >= 11 is 0. The third kappa shape index (κ3) is 4.41. The molecule has 1 aromatic rings. The number of benzene rings is 1. The predicted octanol–water partition coefficient (Wildman–Crippen LogP) is 0.406. The average Bonchev–Trinajstić information content (AvgIpc) is 2.19. The lowest BCUT2D eigenvalue weighted by Gasteiger charge is -1.95. The average molecular weight is 180 g/mol. The van der Waals surface area contributed by atoms with Crippen molar-refractivity contribution in [2.24, 2.45) is 5.84 Å². The molecule has 0 saturated heterocycles. The summed E-state index contributed by atoms with van der Waals surface area (Å²) in [6.07, 6.45) is 0. The molecule has 5 N–H and O–H groups in total. The molecule has 0 atom stereocenters. The summed E-state index contributed by atoms with van der Waals surface area (Å²) in [5.41, 5.74) is 13.6. The molecule has 1 amide bonds. The van der Waals surface area contributed by atoms with E-state index in [1.165, 1.54) is 0 Å². The highest BCUT2D eigenvalue weighted by Crippen LogP contribution is 1.95. The van der Waals surface area contributed by atoms with Gasteiger partial charge in [-0.05, 0) is 12.1 Å². The Morgan fingerprint density at radius 2 is 1.77 bits per heavy atom. The third-order valence-corrected chi connectivity index (χ3v) is 1.17. The zero-order valence-corrected chi connectivity index (χ0v) is 6.82. The molecule has 0 aromatic heterocycles. The molecule has 0 saturated carbocycles. The maximum Gasteiger partial charge on any atom is 0.265 e. The van der Waals surface area contributed by atoms with Crippen molar-refractivity contribution in [1.29, 1.82) is 11.1 Å². The first-order valence-electron chi connectivity index (χ1n) is 3.35. The number of carbonyl (C=O) groups is 1. The van der Waals surface area contributed by atoms with E-state index in [1.54, 1.807) is 24.3 Å². The lowest BCUT2D eigenvalue weighted by molar-refractivity contribution is 0.0953. The van der Waals surface area contributed by atoms with Gasteiger partial charge in [-0.15, -0.1) is 0 Å². The highest BCUT2D eigenvalue weighted by Gasteiger charge is 1.98. The van der Waals surface area contributed by atoms with Crippen molar-refractivity contribution in [3.05, 3.63) is 35.9 Å². The van der Waals surface area contributed by atoms with Crippen LogP contribution in [-0.2, 0) is 0 Å². The standard InChI is InChI=1S/C7H8N2O.H2N3/c8-9-7(10)6-4-2-1-3-5-6;1-3-2/h1-5H,8H2,(H,9,10);1-2H/q;+1. The van der Waals surface area contributed by atoms with Crippen molar-refractivity contribution in [2.75, 3.05) is 0 Å². The Kier molecular flexibility index (Phi) is 5.61. The Morgan fingerprint density at radius 3 is 2.15 bits per heavy atom. The van der Waals surface area contributed by atoms with Gasteiger partial charge in [0, 0.05) is 5.56 Å². The molecule has 68 valence electrons. The van der Waals surface area contributed by atoms with Gasteiger partial charge in [0.25, 0.3) is 5.91 Å². The summed E-state index contributed by atoms with van der Waals surface area (Å²) in [6.45, 7) is 0. The van der Waals surface area contributed by atoms with Gasteiger partial charge in [-0.1, -0.05) is 18.2 Å². The van der Waals surface area contributed by atoms with Crippen LogP contribution in [0.4, 0.5) is 0 Å². The maximum atomic E-state index is 10.8. The molecule has 6 nitrogen and oxygen atoms in total. The smallest absolute Gasteiger partial charge is 0.265 e. The minimum absolute atomic E-state index is 0.263. The summed E-state index contributed by atoms with van der Waals surface area (Å²) in [4.78, 5) is 12.8. The number of hydrazine groups is 1. The first kappa shape index (κ1) is 11.0. The van der Waals surface area contributed by atoms with Crippen LogP contribution >= 0.6 is 0 Å². The van der Waals surface area contributed by atoms with Gasteiger partial charge >= 0.3 is 0 Å². The highest BCUT2D eigenvalue weighted by molar-refractivity contribution is 5.93. The molecule has 1 rings (SSSR count). The molecule has 0 aliphatic heterocycles. The van der Waals surface area contributed by atoms with Crippen LogP contribution < -0.4 is 16.2 Å². The SMILES string of the molecule is N=[N+]=N.NNC(=O)c1ccccc1. The second kappa shape index (κ2) is 6.66. The topological polar surface area (TPSA) is 117 Å². The van der Waals surface area contributed by atoms with Crippen LogP contribution in [0.25, 0.3) is 0 Å². The van der Waals surface area contributed by atoms with E-state index in [-0.39, 0.29) is 5.91 Å². The third-order valence-electron chi connectivity index (χ3n) is 1.17. The van der Waals surface area contributed by atoms with Crippen molar-refractivity contribution >= 4 is 5.91 Å². The fraction of sp³-hybridized carbons (Fsp3) is 0. The van der Waals surface area contributed by atoms with E-state index in [1.807, 2.05) is 16.4 Å². The Balaban J connectivity index is 0.000000424. The van der Waals surface area contributed by atoms with Crippen molar-refractivity contribution < 1.29 is 4.79 Å². The molecular weight excluding hydrogens is 170 g/mol. The largest absolute Gasteiger partial charge is 0.290 e. The van der Waals surface area contributed by atoms with Crippen molar-refractivity contribution in [3.63, 3.8) is 0 Å². The summed E-state index contributed by atoms with van der Waals surface area (Å²) < 4.78 is 0. The van der Waals surface area contributed by atoms with E-state index in [0.717, 1.165) is 0 Å². The van der Waals surface area contributed by atoms with Gasteiger partial charge in [0.15, 0.2) is 0 Å². The molecule has 1 aromatic carbocycles. The zero-order valence-electron chi connectivity index (χ0n) is 6.82. The fourth-order valence-corrected chi connectivity index (χ4v) is 0.673. The maximum absolute atomic E-state index is 10.8. The number of hydrogen-bond donors (Lipinski definition) is 4. The number of nitrogen functional groups attached to an aromatic ring is 1. The second-order valence-electron chi connectivity index (χ2n) is 1.95. The number of rotatable bonds is 1. The quantitative estimate of drug-likeness (QED) is 0.165. The molecule has 13 heavy (non-hydrogen) atoms. The van der Waals surface area contributed by atoms with Crippen molar-refractivity contribution in [1.82, 2.24) is 10.3 Å². The predicted molar refractivity (Wildman–Crippen MR) is 45.7 cm³/mol. The number of nitrogens with zero attached hydrogens (tertiary/aromatic N) is 1. The van der Waals surface area contributed by atoms with E-state index in [4.69, 9.17) is 16.9 Å². The number of nitrogens with two attached hydrogens (primary N) is 1. The molecule has 0 heterocycles. The van der Waals surface area contributed by atoms with Gasteiger partial charge < -0.3 is 0 Å². The first-order valence-corrected chi connectivity index (χ1v) is 3.35. The van der Waals surface area contributed by atoms with Gasteiger partial charge in [0.1, 0.15) is 11.1 Å². The molecule has 6 heteroatoms. The number of amides is 1. The van der Waals surface area contributed by atoms with Crippen LogP contribution in [0.5, 0.6) is 0 Å². The van der Waals surface area contributed by atoms with Crippen LogP contribution in [0.3, 0.4) is 0 Å². The monoisotopic (exact) mass is 180 g/mol. The summed E-state index contributed by atoms with van der Waals surface area (Å²) in [5.74, 6) is 4.64. The van der Waals surface area contributed by atoms with Crippen LogP contribution in [0, 0.1) is 11.1 Å². The van der Waals surface area contributed by atoms with Crippen molar-refractivity contribution in [3.8, 4) is 0 Å². The van der Waals surface area contributed by atoms with Crippen LogP contribution in [0.1, 0.15) is 10.4 Å². The van der Waals surface area contributed by atoms with E-state index in [2.05, 4.69) is 0 Å². The van der Waals surface area contributed by atoms with E-state index >= 15 is 0 Å². The van der Waals surface area contributed by atoms with E-state index < -0.39 is 0 Å². The lowest BCUT2D eigenvalue weighted by atomic mass is 10.2. The zero-order chi connectivity index (χ0) is 10.1. The van der Waals surface area contributed by atoms with Crippen LogP contribution in [0.2, 0.25) is 0 Å². The van der Waals surface area contributed by atoms with Gasteiger partial charge in [-0.25, -0.2) is 5.84 Å². The molecular formula is C7H10N5O+. The lowest BCUT2D eigenvalue weighted by Crippen LogP contribution is -2.29. The molecule has 0 spiro atoms. The molecule has 0 aliphatic carbocycles. The molecule has 0 bridgehead atoms. The highest BCUT2D eigenvalue weighted by atomic mass is 16.2. The first-order chi connectivity index (χ1) is 6.26. The van der Waals surface area contributed by atoms with Gasteiger partial charge in [-0.3, -0.25) is 10.2 Å². The van der Waals surface area contributed by atoms with Crippen LogP contribution in [0.15, 0.2) is 30.3 Å². The Bertz CT molecular complexity index is 291. The van der Waals surface area contributed by atoms with Crippen LogP contribution in [-0.4, -0.2) is 5.91 Å². The molecule has 0 fully saturated rings. The minimum Gasteiger partial charge on any atom is -0.290 e. The van der Waals surface area contributed by atoms with Crippen molar-refractivity contribution in [2.45, 2.75) is 0 Å². The Morgan fingerprint density at radius 1 is 1.31 bits per heavy atom. The number of hydrogen-bond acceptors (Lipinski definition) is 4. The number of nitrogens with one attached hydrogen (secondary N) is 3. The minimum atomic E-state index is -0.263. The Hall–Kier alpha value is -2.04. The molecule has 0 radical (unpaired) electrons.